The second kappa shape index (κ2) is 8.75. The maximum atomic E-state index is 13.2. The van der Waals surface area contributed by atoms with E-state index in [4.69, 9.17) is 0 Å². The molecule has 2 heterocycles. The molecule has 1 amide bonds. The summed E-state index contributed by atoms with van der Waals surface area (Å²) in [5, 5.41) is 11.2. The summed E-state index contributed by atoms with van der Waals surface area (Å²) in [7, 11) is 0. The first kappa shape index (κ1) is 21.2. The molecule has 1 aromatic heterocycles. The number of hydrogen-bond donors (Lipinski definition) is 2. The molecule has 2 aliphatic rings. The third-order valence-corrected chi connectivity index (χ3v) is 6.88. The van der Waals surface area contributed by atoms with E-state index in [1.54, 1.807) is 6.20 Å². The fourth-order valence-electron chi connectivity index (χ4n) is 4.55. The number of piperidine rings is 1. The Morgan fingerprint density at radius 1 is 1.27 bits per heavy atom. The zero-order chi connectivity index (χ0) is 17.9. The summed E-state index contributed by atoms with van der Waals surface area (Å²) in [6, 6.07) is 2.23. The summed E-state index contributed by atoms with van der Waals surface area (Å²) in [4.78, 5) is 13.2. The Hall–Kier alpha value is -1.07. The van der Waals surface area contributed by atoms with E-state index in [0.29, 0.717) is 11.5 Å². The van der Waals surface area contributed by atoms with Crippen molar-refractivity contribution >= 4 is 18.3 Å². The minimum atomic E-state index is -0.520. The molecule has 1 aliphatic carbocycles. The van der Waals surface area contributed by atoms with Crippen molar-refractivity contribution < 1.29 is 4.79 Å². The molecule has 1 aromatic rings. The molecule has 2 N–H and O–H groups in total. The zero-order valence-electron chi connectivity index (χ0n) is 16.5. The molecule has 2 fully saturated rings. The zero-order valence-corrected chi connectivity index (χ0v) is 17.3. The van der Waals surface area contributed by atoms with E-state index in [9.17, 15) is 4.79 Å². The number of nitrogens with zero attached hydrogens (tertiary/aromatic N) is 2. The van der Waals surface area contributed by atoms with Crippen LogP contribution in [0.25, 0.3) is 0 Å². The van der Waals surface area contributed by atoms with Crippen LogP contribution in [0.2, 0.25) is 0 Å². The van der Waals surface area contributed by atoms with Crippen molar-refractivity contribution in [2.45, 2.75) is 77.3 Å². The molecule has 1 saturated heterocycles. The van der Waals surface area contributed by atoms with Crippen LogP contribution in [0.5, 0.6) is 0 Å². The normalized spacial score (nSPS) is 26.0. The molecule has 0 aromatic carbocycles. The van der Waals surface area contributed by atoms with E-state index in [2.05, 4.69) is 36.5 Å². The topological polar surface area (TPSA) is 59.0 Å². The Kier molecular flexibility index (Phi) is 7.14. The molecule has 0 bridgehead atoms. The number of amides is 1. The molecule has 6 heteroatoms. The van der Waals surface area contributed by atoms with Crippen LogP contribution in [0.3, 0.4) is 0 Å². The van der Waals surface area contributed by atoms with Gasteiger partial charge in [0, 0.05) is 18.4 Å². The first-order valence-electron chi connectivity index (χ1n) is 10.00. The van der Waals surface area contributed by atoms with Gasteiger partial charge >= 0.3 is 0 Å². The van der Waals surface area contributed by atoms with Crippen molar-refractivity contribution in [2.75, 3.05) is 13.1 Å². The maximum Gasteiger partial charge on any atom is 0.248 e. The van der Waals surface area contributed by atoms with Crippen molar-refractivity contribution in [1.82, 2.24) is 20.4 Å². The van der Waals surface area contributed by atoms with E-state index in [-0.39, 0.29) is 18.3 Å². The molecule has 0 spiro atoms. The molecule has 0 radical (unpaired) electrons. The molecular weight excluding hydrogens is 348 g/mol. The number of hydrogen-bond acceptors (Lipinski definition) is 3. The lowest BCUT2D eigenvalue weighted by Crippen LogP contribution is -2.56. The first-order valence-corrected chi connectivity index (χ1v) is 10.00. The number of halogens is 1. The van der Waals surface area contributed by atoms with Gasteiger partial charge in [-0.3, -0.25) is 9.48 Å². The van der Waals surface area contributed by atoms with Crippen molar-refractivity contribution in [3.8, 4) is 0 Å². The molecular formula is C20H35ClN4O. The molecule has 0 atom stereocenters. The molecule has 1 aliphatic heterocycles. The van der Waals surface area contributed by atoms with Gasteiger partial charge in [0.2, 0.25) is 5.91 Å². The van der Waals surface area contributed by atoms with Crippen LogP contribution in [-0.4, -0.2) is 34.8 Å². The minimum Gasteiger partial charge on any atom is -0.351 e. The maximum absolute atomic E-state index is 13.2. The first-order chi connectivity index (χ1) is 12.0. The summed E-state index contributed by atoms with van der Waals surface area (Å²) in [5.41, 5.74) is -0.103. The van der Waals surface area contributed by atoms with Crippen molar-refractivity contribution in [3.05, 3.63) is 18.5 Å². The third kappa shape index (κ3) is 4.25. The summed E-state index contributed by atoms with van der Waals surface area (Å²) in [6.45, 7) is 8.80. The number of carbonyl (C=O) groups excluding carboxylic acids is 1. The molecule has 1 saturated carbocycles. The van der Waals surface area contributed by atoms with Crippen LogP contribution < -0.4 is 10.6 Å². The molecule has 26 heavy (non-hydrogen) atoms. The monoisotopic (exact) mass is 382 g/mol. The van der Waals surface area contributed by atoms with Gasteiger partial charge in [0.1, 0.15) is 5.54 Å². The SMILES string of the molecule is CCC(C)(C)C1CCC(NC(=O)C2(n3cccn3)CCNCC2)CC1.Cl. The minimum absolute atomic E-state index is 0. The number of nitrogens with one attached hydrogen (secondary N) is 2. The predicted octanol–water partition coefficient (Wildman–Crippen LogP) is 3.49. The van der Waals surface area contributed by atoms with Crippen LogP contribution in [0, 0.1) is 11.3 Å². The summed E-state index contributed by atoms with van der Waals surface area (Å²) >= 11 is 0. The van der Waals surface area contributed by atoms with Crippen LogP contribution in [0.1, 0.15) is 65.7 Å². The quantitative estimate of drug-likeness (QED) is 0.819. The second-order valence-corrected chi connectivity index (χ2v) is 8.60. The summed E-state index contributed by atoms with van der Waals surface area (Å²) < 4.78 is 1.88. The highest BCUT2D eigenvalue weighted by molar-refractivity contribution is 5.85. The molecule has 148 valence electrons. The lowest BCUT2D eigenvalue weighted by Gasteiger charge is -2.41. The molecule has 0 unspecified atom stereocenters. The Labute approximate surface area is 164 Å². The highest BCUT2D eigenvalue weighted by Crippen LogP contribution is 2.40. The Balaban J connectivity index is 0.00000243. The van der Waals surface area contributed by atoms with E-state index >= 15 is 0 Å². The van der Waals surface area contributed by atoms with Crippen molar-refractivity contribution in [2.24, 2.45) is 11.3 Å². The predicted molar refractivity (Wildman–Crippen MR) is 108 cm³/mol. The van der Waals surface area contributed by atoms with E-state index < -0.39 is 5.54 Å². The Morgan fingerprint density at radius 3 is 2.46 bits per heavy atom. The summed E-state index contributed by atoms with van der Waals surface area (Å²) in [5.74, 6) is 0.945. The second-order valence-electron chi connectivity index (χ2n) is 8.60. The largest absolute Gasteiger partial charge is 0.351 e. The van der Waals surface area contributed by atoms with Gasteiger partial charge in [-0.1, -0.05) is 27.2 Å². The van der Waals surface area contributed by atoms with Gasteiger partial charge in [-0.2, -0.15) is 5.10 Å². The van der Waals surface area contributed by atoms with E-state index in [1.165, 1.54) is 19.3 Å². The van der Waals surface area contributed by atoms with Gasteiger partial charge in [-0.15, -0.1) is 12.4 Å². The van der Waals surface area contributed by atoms with Gasteiger partial charge in [0.05, 0.1) is 0 Å². The van der Waals surface area contributed by atoms with Crippen LogP contribution in [0.4, 0.5) is 0 Å². The third-order valence-electron chi connectivity index (χ3n) is 6.88. The van der Waals surface area contributed by atoms with Crippen LogP contribution >= 0.6 is 12.4 Å². The van der Waals surface area contributed by atoms with Gasteiger partial charge in [-0.25, -0.2) is 0 Å². The standard InChI is InChI=1S/C20H34N4O.ClH/c1-4-19(2,3)16-6-8-17(9-7-16)23-18(25)20(10-13-21-14-11-20)24-15-5-12-22-24;/h5,12,15-17,21H,4,6-11,13-14H2,1-3H3,(H,23,25);1H. The van der Waals surface area contributed by atoms with Crippen molar-refractivity contribution in [1.29, 1.82) is 0 Å². The van der Waals surface area contributed by atoms with Crippen LogP contribution in [0.15, 0.2) is 18.5 Å². The Bertz CT molecular complexity index is 558. The fraction of sp³-hybridized carbons (Fsp3) is 0.800. The average molecular weight is 383 g/mol. The Morgan fingerprint density at radius 2 is 1.92 bits per heavy atom. The number of carbonyl (C=O) groups is 1. The highest BCUT2D eigenvalue weighted by atomic mass is 35.5. The lowest BCUT2D eigenvalue weighted by molar-refractivity contribution is -0.133. The lowest BCUT2D eigenvalue weighted by atomic mass is 9.69. The highest BCUT2D eigenvalue weighted by Gasteiger charge is 2.43. The number of aromatic nitrogens is 2. The van der Waals surface area contributed by atoms with Gasteiger partial charge < -0.3 is 10.6 Å². The summed E-state index contributed by atoms with van der Waals surface area (Å²) in [6.07, 6.45) is 11.2. The van der Waals surface area contributed by atoms with Crippen molar-refractivity contribution in [3.63, 3.8) is 0 Å². The average Bonchev–Trinajstić information content (AvgIpc) is 3.18. The smallest absolute Gasteiger partial charge is 0.248 e. The van der Waals surface area contributed by atoms with Gasteiger partial charge in [0.25, 0.3) is 0 Å². The van der Waals surface area contributed by atoms with Gasteiger partial charge in [-0.05, 0) is 69.0 Å². The molecule has 5 nitrogen and oxygen atoms in total. The fourth-order valence-corrected chi connectivity index (χ4v) is 4.55. The van der Waals surface area contributed by atoms with E-state index in [0.717, 1.165) is 44.7 Å². The van der Waals surface area contributed by atoms with Crippen LogP contribution in [-0.2, 0) is 10.3 Å². The number of rotatable bonds is 5. The van der Waals surface area contributed by atoms with E-state index in [1.807, 2.05) is 16.9 Å². The van der Waals surface area contributed by atoms with Gasteiger partial charge in [0.15, 0.2) is 0 Å². The molecule has 3 rings (SSSR count).